The zero-order valence-corrected chi connectivity index (χ0v) is 11.7. The number of ether oxygens (including phenoxy) is 1. The molecular formula is C14H13ClF2N2O2. The first-order valence-electron chi connectivity index (χ1n) is 6.56. The van der Waals surface area contributed by atoms with Crippen LogP contribution in [0.15, 0.2) is 29.1 Å². The fourth-order valence-corrected chi connectivity index (χ4v) is 2.63. The van der Waals surface area contributed by atoms with Crippen LogP contribution in [0.1, 0.15) is 18.3 Å². The van der Waals surface area contributed by atoms with Crippen molar-refractivity contribution >= 4 is 11.6 Å². The Labute approximate surface area is 125 Å². The first-order valence-corrected chi connectivity index (χ1v) is 6.94. The zero-order chi connectivity index (χ0) is 14.8. The molecule has 1 aromatic carbocycles. The molecule has 2 aromatic rings. The summed E-state index contributed by atoms with van der Waals surface area (Å²) in [5.41, 5.74) is 0. The summed E-state index contributed by atoms with van der Waals surface area (Å²) in [6.07, 6.45) is 3.04. The smallest absolute Gasteiger partial charge is 0.181 e. The van der Waals surface area contributed by atoms with Gasteiger partial charge in [0.05, 0.1) is 6.20 Å². The first kappa shape index (κ1) is 14.3. The highest BCUT2D eigenvalue weighted by Crippen LogP contribution is 2.37. The second-order valence-electron chi connectivity index (χ2n) is 4.87. The van der Waals surface area contributed by atoms with Gasteiger partial charge in [-0.25, -0.2) is 13.8 Å². The van der Waals surface area contributed by atoms with E-state index in [-0.39, 0.29) is 16.7 Å². The van der Waals surface area contributed by atoms with Gasteiger partial charge in [-0.05, 0) is 25.1 Å². The summed E-state index contributed by atoms with van der Waals surface area (Å²) in [6, 6.07) is 1.95. The van der Waals surface area contributed by atoms with E-state index in [1.54, 1.807) is 0 Å². The molecule has 1 aliphatic heterocycles. The van der Waals surface area contributed by atoms with E-state index in [1.165, 1.54) is 12.6 Å². The van der Waals surface area contributed by atoms with Gasteiger partial charge in [0.25, 0.3) is 0 Å². The van der Waals surface area contributed by atoms with Crippen LogP contribution in [-0.2, 0) is 0 Å². The molecule has 1 saturated heterocycles. The summed E-state index contributed by atoms with van der Waals surface area (Å²) >= 11 is 5.81. The van der Waals surface area contributed by atoms with Gasteiger partial charge >= 0.3 is 0 Å². The van der Waals surface area contributed by atoms with Crippen LogP contribution < -0.4 is 10.1 Å². The Morgan fingerprint density at radius 3 is 2.86 bits per heavy atom. The normalized spacial score (nSPS) is 19.7. The maximum absolute atomic E-state index is 13.9. The Hall–Kier alpha value is -1.66. The number of nitrogens with zero attached hydrogens (tertiary/aromatic N) is 1. The number of rotatable bonds is 4. The highest BCUT2D eigenvalue weighted by atomic mass is 35.5. The number of oxazole rings is 1. The summed E-state index contributed by atoms with van der Waals surface area (Å²) in [7, 11) is 0. The van der Waals surface area contributed by atoms with Crippen molar-refractivity contribution in [2.24, 2.45) is 5.92 Å². The molecule has 1 N–H and O–H groups in total. The monoisotopic (exact) mass is 314 g/mol. The van der Waals surface area contributed by atoms with Gasteiger partial charge in [-0.15, -0.1) is 0 Å². The Bertz CT molecular complexity index is 616. The molecule has 2 atom stereocenters. The highest BCUT2D eigenvalue weighted by Gasteiger charge is 2.32. The second kappa shape index (κ2) is 5.99. The fourth-order valence-electron chi connectivity index (χ4n) is 2.43. The van der Waals surface area contributed by atoms with Crippen molar-refractivity contribution in [3.8, 4) is 5.75 Å². The maximum Gasteiger partial charge on any atom is 0.181 e. The van der Waals surface area contributed by atoms with Gasteiger partial charge in [0.1, 0.15) is 10.8 Å². The standard InChI is InChI=1S/C14H13ClF2N2O2/c15-12-9(16)1-2-10(17)14(12)21-13(8-3-4-18-5-8)11-6-19-7-20-11/h1-2,6-8,13,18H,3-5H2/t8-,13?/m0/s1. The maximum atomic E-state index is 13.9. The summed E-state index contributed by atoms with van der Waals surface area (Å²) in [5.74, 6) is -1.21. The lowest BCUT2D eigenvalue weighted by atomic mass is 10.00. The van der Waals surface area contributed by atoms with E-state index in [9.17, 15) is 8.78 Å². The van der Waals surface area contributed by atoms with Gasteiger partial charge in [-0.2, -0.15) is 0 Å². The fraction of sp³-hybridized carbons (Fsp3) is 0.357. The topological polar surface area (TPSA) is 47.3 Å². The summed E-state index contributed by atoms with van der Waals surface area (Å²) in [5, 5.41) is 2.83. The molecule has 4 nitrogen and oxygen atoms in total. The van der Waals surface area contributed by atoms with Crippen molar-refractivity contribution < 1.29 is 17.9 Å². The molecule has 0 radical (unpaired) electrons. The predicted molar refractivity (Wildman–Crippen MR) is 72.2 cm³/mol. The van der Waals surface area contributed by atoms with Crippen LogP contribution in [0.4, 0.5) is 8.78 Å². The van der Waals surface area contributed by atoms with Gasteiger partial charge in [0.15, 0.2) is 29.8 Å². The first-order chi connectivity index (χ1) is 10.2. The summed E-state index contributed by atoms with van der Waals surface area (Å²) < 4.78 is 38.3. The molecule has 0 bridgehead atoms. The molecule has 0 aliphatic carbocycles. The molecule has 112 valence electrons. The largest absolute Gasteiger partial charge is 0.477 e. The third kappa shape index (κ3) is 2.87. The van der Waals surface area contributed by atoms with Crippen molar-refractivity contribution in [3.05, 3.63) is 47.1 Å². The number of benzene rings is 1. The molecule has 0 spiro atoms. The van der Waals surface area contributed by atoms with Crippen LogP contribution in [0.2, 0.25) is 5.02 Å². The number of hydrogen-bond donors (Lipinski definition) is 1. The Balaban J connectivity index is 1.93. The molecule has 1 aromatic heterocycles. The van der Waals surface area contributed by atoms with Gasteiger partial charge in [0, 0.05) is 12.5 Å². The lowest BCUT2D eigenvalue weighted by Crippen LogP contribution is -2.21. The summed E-state index contributed by atoms with van der Waals surface area (Å²) in [4.78, 5) is 3.85. The molecule has 7 heteroatoms. The SMILES string of the molecule is Fc1ccc(F)c(OC(c2cnco2)[C@H]2CCNC2)c1Cl. The minimum atomic E-state index is -0.728. The number of nitrogens with one attached hydrogen (secondary N) is 1. The van der Waals surface area contributed by atoms with Crippen molar-refractivity contribution in [2.45, 2.75) is 12.5 Å². The Morgan fingerprint density at radius 1 is 1.38 bits per heavy atom. The molecule has 1 unspecified atom stereocenters. The zero-order valence-electron chi connectivity index (χ0n) is 11.0. The van der Waals surface area contributed by atoms with Crippen LogP contribution >= 0.6 is 11.6 Å². The van der Waals surface area contributed by atoms with Crippen LogP contribution in [-0.4, -0.2) is 18.1 Å². The lowest BCUT2D eigenvalue weighted by Gasteiger charge is -2.23. The van der Waals surface area contributed by atoms with Crippen molar-refractivity contribution in [1.82, 2.24) is 10.3 Å². The molecular weight excluding hydrogens is 302 g/mol. The van der Waals surface area contributed by atoms with E-state index >= 15 is 0 Å². The van der Waals surface area contributed by atoms with Crippen LogP contribution in [0.3, 0.4) is 0 Å². The van der Waals surface area contributed by atoms with Gasteiger partial charge in [-0.3, -0.25) is 0 Å². The quantitative estimate of drug-likeness (QED) is 0.879. The van der Waals surface area contributed by atoms with Crippen LogP contribution in [0.5, 0.6) is 5.75 Å². The average molecular weight is 315 g/mol. The lowest BCUT2D eigenvalue weighted by molar-refractivity contribution is 0.114. The van der Waals surface area contributed by atoms with Crippen molar-refractivity contribution in [1.29, 1.82) is 0 Å². The minimum Gasteiger partial charge on any atom is -0.477 e. The number of halogens is 3. The molecule has 21 heavy (non-hydrogen) atoms. The molecule has 0 saturated carbocycles. The Kier molecular flexibility index (Phi) is 4.07. The van der Waals surface area contributed by atoms with Gasteiger partial charge < -0.3 is 14.5 Å². The van der Waals surface area contributed by atoms with Gasteiger partial charge in [0.2, 0.25) is 0 Å². The van der Waals surface area contributed by atoms with E-state index in [2.05, 4.69) is 10.3 Å². The van der Waals surface area contributed by atoms with E-state index in [1.807, 2.05) is 0 Å². The number of hydrogen-bond acceptors (Lipinski definition) is 4. The van der Waals surface area contributed by atoms with E-state index in [4.69, 9.17) is 20.8 Å². The van der Waals surface area contributed by atoms with E-state index in [0.29, 0.717) is 12.3 Å². The average Bonchev–Trinajstić information content (AvgIpc) is 3.16. The van der Waals surface area contributed by atoms with Crippen LogP contribution in [0.25, 0.3) is 0 Å². The molecule has 1 fully saturated rings. The van der Waals surface area contributed by atoms with E-state index in [0.717, 1.165) is 25.1 Å². The van der Waals surface area contributed by atoms with Crippen LogP contribution in [0, 0.1) is 17.6 Å². The molecule has 1 aliphatic rings. The third-order valence-corrected chi connectivity index (χ3v) is 3.86. The second-order valence-corrected chi connectivity index (χ2v) is 5.25. The minimum absolute atomic E-state index is 0.0664. The predicted octanol–water partition coefficient (Wildman–Crippen LogP) is 3.34. The van der Waals surface area contributed by atoms with Crippen molar-refractivity contribution in [3.63, 3.8) is 0 Å². The molecule has 2 heterocycles. The molecule has 0 amide bonds. The molecule has 3 rings (SSSR count). The highest BCUT2D eigenvalue weighted by molar-refractivity contribution is 6.32. The van der Waals surface area contributed by atoms with Gasteiger partial charge in [-0.1, -0.05) is 11.6 Å². The summed E-state index contributed by atoms with van der Waals surface area (Å²) in [6.45, 7) is 1.53. The van der Waals surface area contributed by atoms with E-state index < -0.39 is 17.7 Å². The number of aromatic nitrogens is 1. The Morgan fingerprint density at radius 2 is 2.19 bits per heavy atom. The van der Waals surface area contributed by atoms with Crippen molar-refractivity contribution in [2.75, 3.05) is 13.1 Å². The third-order valence-electron chi connectivity index (χ3n) is 3.51.